The van der Waals surface area contributed by atoms with E-state index >= 15 is 0 Å². The Kier molecular flexibility index (Phi) is 4.09. The zero-order valence-electron chi connectivity index (χ0n) is 13.0. The van der Waals surface area contributed by atoms with Gasteiger partial charge in [-0.2, -0.15) is 0 Å². The molecule has 0 saturated carbocycles. The maximum atomic E-state index is 3.64. The first-order valence-electron chi connectivity index (χ1n) is 7.95. The van der Waals surface area contributed by atoms with E-state index in [1.807, 2.05) is 6.07 Å². The molecule has 0 fully saturated rings. The molecule has 0 spiro atoms. The minimum absolute atomic E-state index is 0.112. The highest BCUT2D eigenvalue weighted by Crippen LogP contribution is 2.34. The third-order valence-electron chi connectivity index (χ3n) is 4.15. The van der Waals surface area contributed by atoms with Crippen LogP contribution in [0.25, 0.3) is 5.70 Å². The van der Waals surface area contributed by atoms with E-state index in [2.05, 4.69) is 105 Å². The normalized spacial score (nSPS) is 16.2. The molecule has 3 heteroatoms. The van der Waals surface area contributed by atoms with Gasteiger partial charge in [0.05, 0.1) is 17.4 Å². The topological polar surface area (TPSA) is 24.1 Å². The molecule has 0 aliphatic carbocycles. The molecule has 0 aromatic heterocycles. The summed E-state index contributed by atoms with van der Waals surface area (Å²) in [5.74, 6) is 0. The Hall–Kier alpha value is -2.52. The molecule has 1 aliphatic heterocycles. The van der Waals surface area contributed by atoms with Crippen LogP contribution in [0.4, 0.5) is 11.4 Å². The second-order valence-electron chi connectivity index (χ2n) is 5.79. The summed E-state index contributed by atoms with van der Waals surface area (Å²) < 4.78 is 1.08. The average Bonchev–Trinajstić information content (AvgIpc) is 2.83. The highest BCUT2D eigenvalue weighted by atomic mass is 79.9. The SMILES string of the molecule is Brc1ccc(C2=CC(c3ccccc3)Nc3ccccc3N2)cc1. The van der Waals surface area contributed by atoms with Gasteiger partial charge in [0.2, 0.25) is 0 Å². The number of rotatable bonds is 2. The van der Waals surface area contributed by atoms with Gasteiger partial charge in [0.1, 0.15) is 0 Å². The van der Waals surface area contributed by atoms with E-state index < -0.39 is 0 Å². The predicted molar refractivity (Wildman–Crippen MR) is 105 cm³/mol. The van der Waals surface area contributed by atoms with Gasteiger partial charge in [-0.1, -0.05) is 70.5 Å². The third kappa shape index (κ3) is 3.08. The van der Waals surface area contributed by atoms with E-state index in [-0.39, 0.29) is 6.04 Å². The first-order chi connectivity index (χ1) is 11.8. The molecule has 2 nitrogen and oxygen atoms in total. The van der Waals surface area contributed by atoms with Gasteiger partial charge >= 0.3 is 0 Å². The summed E-state index contributed by atoms with van der Waals surface area (Å²) in [6, 6.07) is 27.3. The number of hydrogen-bond donors (Lipinski definition) is 2. The molecule has 2 N–H and O–H groups in total. The van der Waals surface area contributed by atoms with Gasteiger partial charge in [-0.3, -0.25) is 0 Å². The maximum Gasteiger partial charge on any atom is 0.0721 e. The van der Waals surface area contributed by atoms with E-state index in [0.29, 0.717) is 0 Å². The van der Waals surface area contributed by atoms with Crippen molar-refractivity contribution in [1.82, 2.24) is 0 Å². The van der Waals surface area contributed by atoms with Gasteiger partial charge in [-0.05, 0) is 41.5 Å². The Labute approximate surface area is 150 Å². The fourth-order valence-corrected chi connectivity index (χ4v) is 3.18. The first kappa shape index (κ1) is 15.0. The van der Waals surface area contributed by atoms with Crippen molar-refractivity contribution in [3.05, 3.63) is 101 Å². The fourth-order valence-electron chi connectivity index (χ4n) is 2.92. The number of benzene rings is 3. The second kappa shape index (κ2) is 6.54. The smallest absolute Gasteiger partial charge is 0.0721 e. The van der Waals surface area contributed by atoms with Crippen LogP contribution in [0, 0.1) is 0 Å². The van der Waals surface area contributed by atoms with Crippen LogP contribution in [0.5, 0.6) is 0 Å². The van der Waals surface area contributed by atoms with Crippen LogP contribution < -0.4 is 10.6 Å². The molecule has 1 unspecified atom stereocenters. The van der Waals surface area contributed by atoms with Gasteiger partial charge in [-0.25, -0.2) is 0 Å². The Bertz CT molecular complexity index is 870. The van der Waals surface area contributed by atoms with Crippen molar-refractivity contribution in [2.24, 2.45) is 0 Å². The Balaban J connectivity index is 1.81. The Morgan fingerprint density at radius 3 is 2.12 bits per heavy atom. The zero-order chi connectivity index (χ0) is 16.4. The molecule has 3 aromatic rings. The van der Waals surface area contributed by atoms with E-state index in [1.54, 1.807) is 0 Å². The van der Waals surface area contributed by atoms with Crippen molar-refractivity contribution in [2.45, 2.75) is 6.04 Å². The summed E-state index contributed by atoms with van der Waals surface area (Å²) in [7, 11) is 0. The summed E-state index contributed by atoms with van der Waals surface area (Å²) in [4.78, 5) is 0. The van der Waals surface area contributed by atoms with Crippen LogP contribution in [0.2, 0.25) is 0 Å². The van der Waals surface area contributed by atoms with Gasteiger partial charge < -0.3 is 10.6 Å². The molecule has 1 atom stereocenters. The monoisotopic (exact) mass is 376 g/mol. The van der Waals surface area contributed by atoms with Crippen molar-refractivity contribution in [3.8, 4) is 0 Å². The lowest BCUT2D eigenvalue weighted by atomic mass is 10.0. The average molecular weight is 377 g/mol. The van der Waals surface area contributed by atoms with E-state index in [0.717, 1.165) is 27.1 Å². The number of halogens is 1. The number of para-hydroxylation sites is 2. The lowest BCUT2D eigenvalue weighted by molar-refractivity contribution is 0.992. The molecule has 1 heterocycles. The molecule has 24 heavy (non-hydrogen) atoms. The minimum Gasteiger partial charge on any atom is -0.373 e. The van der Waals surface area contributed by atoms with Crippen molar-refractivity contribution in [2.75, 3.05) is 10.6 Å². The molecule has 1 aliphatic rings. The van der Waals surface area contributed by atoms with E-state index in [9.17, 15) is 0 Å². The van der Waals surface area contributed by atoms with Crippen LogP contribution in [-0.2, 0) is 0 Å². The number of hydrogen-bond acceptors (Lipinski definition) is 2. The summed E-state index contributed by atoms with van der Waals surface area (Å²) in [5, 5.41) is 7.22. The van der Waals surface area contributed by atoms with Crippen molar-refractivity contribution < 1.29 is 0 Å². The fraction of sp³-hybridized carbons (Fsp3) is 0.0476. The number of fused-ring (bicyclic) bond motifs is 1. The quantitative estimate of drug-likeness (QED) is 0.567. The molecule has 118 valence electrons. The Morgan fingerprint density at radius 2 is 1.38 bits per heavy atom. The molecule has 0 bridgehead atoms. The molecular formula is C21H17BrN2. The van der Waals surface area contributed by atoms with Gasteiger partial charge in [-0.15, -0.1) is 0 Å². The summed E-state index contributed by atoms with van der Waals surface area (Å²) in [6.07, 6.45) is 2.25. The third-order valence-corrected chi connectivity index (χ3v) is 4.68. The van der Waals surface area contributed by atoms with Gasteiger partial charge in [0.25, 0.3) is 0 Å². The van der Waals surface area contributed by atoms with Crippen molar-refractivity contribution in [1.29, 1.82) is 0 Å². The molecular weight excluding hydrogens is 360 g/mol. The highest BCUT2D eigenvalue weighted by molar-refractivity contribution is 9.10. The van der Waals surface area contributed by atoms with Crippen LogP contribution in [0.3, 0.4) is 0 Å². The first-order valence-corrected chi connectivity index (χ1v) is 8.74. The second-order valence-corrected chi connectivity index (χ2v) is 6.71. The predicted octanol–water partition coefficient (Wildman–Crippen LogP) is 6.07. The lowest BCUT2D eigenvalue weighted by Gasteiger charge is -2.16. The van der Waals surface area contributed by atoms with E-state index in [1.165, 1.54) is 5.56 Å². The zero-order valence-corrected chi connectivity index (χ0v) is 14.6. The molecule has 3 aromatic carbocycles. The van der Waals surface area contributed by atoms with Crippen LogP contribution in [0.15, 0.2) is 89.4 Å². The molecule has 0 amide bonds. The summed E-state index contributed by atoms with van der Waals surface area (Å²) in [6.45, 7) is 0. The van der Waals surface area contributed by atoms with Crippen molar-refractivity contribution >= 4 is 33.0 Å². The summed E-state index contributed by atoms with van der Waals surface area (Å²) >= 11 is 3.51. The molecule has 0 radical (unpaired) electrons. The van der Waals surface area contributed by atoms with Crippen LogP contribution in [0.1, 0.15) is 17.2 Å². The van der Waals surface area contributed by atoms with Gasteiger partial charge in [0, 0.05) is 10.2 Å². The van der Waals surface area contributed by atoms with E-state index in [4.69, 9.17) is 0 Å². The number of anilines is 2. The highest BCUT2D eigenvalue weighted by Gasteiger charge is 2.17. The van der Waals surface area contributed by atoms with Crippen molar-refractivity contribution in [3.63, 3.8) is 0 Å². The molecule has 4 rings (SSSR count). The largest absolute Gasteiger partial charge is 0.373 e. The Morgan fingerprint density at radius 1 is 0.708 bits per heavy atom. The standard InChI is InChI=1S/C21H17BrN2/c22-17-12-10-16(11-13-17)21-14-20(15-6-2-1-3-7-15)23-18-8-4-5-9-19(18)24-21/h1-14,20,23-24H. The minimum atomic E-state index is 0.112. The van der Waals surface area contributed by atoms with Gasteiger partial charge in [0.15, 0.2) is 0 Å². The molecule has 0 saturated heterocycles. The maximum absolute atomic E-state index is 3.64. The summed E-state index contributed by atoms with van der Waals surface area (Å²) in [5.41, 5.74) is 5.71. The van der Waals surface area contributed by atoms with Crippen LogP contribution >= 0.6 is 15.9 Å². The van der Waals surface area contributed by atoms with Crippen LogP contribution in [-0.4, -0.2) is 0 Å². The number of nitrogens with one attached hydrogen (secondary N) is 2. The lowest BCUT2D eigenvalue weighted by Crippen LogP contribution is -2.07.